The lowest BCUT2D eigenvalue weighted by Gasteiger charge is -2.21. The summed E-state index contributed by atoms with van der Waals surface area (Å²) in [5, 5.41) is 0. The summed E-state index contributed by atoms with van der Waals surface area (Å²) in [5.41, 5.74) is 0. The smallest absolute Gasteiger partial charge is 0.0559 e. The van der Waals surface area contributed by atoms with Gasteiger partial charge < -0.3 is 9.64 Å². The summed E-state index contributed by atoms with van der Waals surface area (Å²) in [6, 6.07) is 0. The van der Waals surface area contributed by atoms with Crippen molar-refractivity contribution in [2.24, 2.45) is 11.8 Å². The quantitative estimate of drug-likeness (QED) is 0.601. The first-order valence-electron chi connectivity index (χ1n) is 6.72. The monoisotopic (exact) mass is 229 g/mol. The number of rotatable bonds is 9. The van der Waals surface area contributed by atoms with Gasteiger partial charge in [0.2, 0.25) is 0 Å². The summed E-state index contributed by atoms with van der Waals surface area (Å²) in [4.78, 5) is 2.41. The Morgan fingerprint density at radius 3 is 1.94 bits per heavy atom. The van der Waals surface area contributed by atoms with Gasteiger partial charge in [-0.3, -0.25) is 0 Å². The average Bonchev–Trinajstić information content (AvgIpc) is 2.20. The van der Waals surface area contributed by atoms with Crippen LogP contribution in [0.25, 0.3) is 0 Å². The maximum atomic E-state index is 5.75. The predicted octanol–water partition coefficient (Wildman–Crippen LogP) is 3.42. The Bertz CT molecular complexity index is 139. The minimum absolute atomic E-state index is 0.392. The number of ether oxygens (including phenoxy) is 1. The Balaban J connectivity index is 3.47. The first-order chi connectivity index (χ1) is 7.41. The van der Waals surface area contributed by atoms with Crippen LogP contribution >= 0.6 is 0 Å². The van der Waals surface area contributed by atoms with E-state index in [0.717, 1.165) is 25.5 Å². The molecule has 16 heavy (non-hydrogen) atoms. The molecule has 0 aromatic rings. The van der Waals surface area contributed by atoms with E-state index in [4.69, 9.17) is 4.74 Å². The molecule has 1 atom stereocenters. The van der Waals surface area contributed by atoms with Crippen molar-refractivity contribution >= 4 is 0 Å². The summed E-state index contributed by atoms with van der Waals surface area (Å²) in [6.07, 6.45) is 2.82. The molecule has 0 aromatic heterocycles. The van der Waals surface area contributed by atoms with E-state index >= 15 is 0 Å². The van der Waals surface area contributed by atoms with Crippen molar-refractivity contribution in [1.82, 2.24) is 4.90 Å². The second-order valence-electron chi connectivity index (χ2n) is 5.81. The van der Waals surface area contributed by atoms with Crippen molar-refractivity contribution < 1.29 is 4.74 Å². The van der Waals surface area contributed by atoms with Crippen LogP contribution in [0, 0.1) is 11.8 Å². The molecular weight excluding hydrogens is 198 g/mol. The fraction of sp³-hybridized carbons (Fsp3) is 1.00. The highest BCUT2D eigenvalue weighted by molar-refractivity contribution is 4.58. The van der Waals surface area contributed by atoms with Crippen LogP contribution in [-0.2, 0) is 4.74 Å². The third kappa shape index (κ3) is 10.4. The standard InChI is InChI=1S/C14H31NO/c1-12(2)7-9-15(6)10-8-14(5)16-11-13(3)4/h12-14H,7-11H2,1-6H3. The molecule has 0 amide bonds. The van der Waals surface area contributed by atoms with Crippen LogP contribution in [0.2, 0.25) is 0 Å². The molecule has 0 radical (unpaired) electrons. The maximum Gasteiger partial charge on any atom is 0.0559 e. The molecule has 0 rings (SSSR count). The topological polar surface area (TPSA) is 12.5 Å². The normalized spacial score (nSPS) is 14.1. The lowest BCUT2D eigenvalue weighted by molar-refractivity contribution is 0.0371. The van der Waals surface area contributed by atoms with Crippen LogP contribution in [0.1, 0.15) is 47.5 Å². The predicted molar refractivity (Wildman–Crippen MR) is 71.8 cm³/mol. The molecule has 0 fully saturated rings. The maximum absolute atomic E-state index is 5.75. The molecule has 0 aliphatic carbocycles. The van der Waals surface area contributed by atoms with Crippen LogP contribution in [0.5, 0.6) is 0 Å². The van der Waals surface area contributed by atoms with E-state index in [9.17, 15) is 0 Å². The lowest BCUT2D eigenvalue weighted by Crippen LogP contribution is -2.25. The van der Waals surface area contributed by atoms with Gasteiger partial charge in [-0.2, -0.15) is 0 Å². The molecule has 1 unspecified atom stereocenters. The molecule has 0 saturated heterocycles. The van der Waals surface area contributed by atoms with Crippen molar-refractivity contribution in [2.45, 2.75) is 53.6 Å². The van der Waals surface area contributed by atoms with Gasteiger partial charge in [0.1, 0.15) is 0 Å². The summed E-state index contributed by atoms with van der Waals surface area (Å²) < 4.78 is 5.75. The third-order valence-corrected chi connectivity index (χ3v) is 2.72. The van der Waals surface area contributed by atoms with Crippen molar-refractivity contribution in [1.29, 1.82) is 0 Å². The third-order valence-electron chi connectivity index (χ3n) is 2.72. The molecule has 98 valence electrons. The van der Waals surface area contributed by atoms with Crippen molar-refractivity contribution in [3.05, 3.63) is 0 Å². The molecule has 0 N–H and O–H groups in total. The first kappa shape index (κ1) is 15.9. The van der Waals surface area contributed by atoms with Gasteiger partial charge in [-0.05, 0) is 45.2 Å². The van der Waals surface area contributed by atoms with Gasteiger partial charge in [-0.15, -0.1) is 0 Å². The van der Waals surface area contributed by atoms with Crippen LogP contribution in [-0.4, -0.2) is 37.7 Å². The average molecular weight is 229 g/mol. The Morgan fingerprint density at radius 1 is 0.875 bits per heavy atom. The van der Waals surface area contributed by atoms with Crippen LogP contribution < -0.4 is 0 Å². The second kappa shape index (κ2) is 9.00. The fourth-order valence-electron chi connectivity index (χ4n) is 1.43. The van der Waals surface area contributed by atoms with Crippen molar-refractivity contribution in [3.8, 4) is 0 Å². The Morgan fingerprint density at radius 2 is 1.44 bits per heavy atom. The lowest BCUT2D eigenvalue weighted by atomic mass is 10.1. The molecule has 2 heteroatoms. The highest BCUT2D eigenvalue weighted by atomic mass is 16.5. The van der Waals surface area contributed by atoms with Gasteiger partial charge in [0.15, 0.2) is 0 Å². The van der Waals surface area contributed by atoms with Gasteiger partial charge in [0, 0.05) is 13.2 Å². The first-order valence-corrected chi connectivity index (χ1v) is 6.72. The highest BCUT2D eigenvalue weighted by Gasteiger charge is 2.06. The summed E-state index contributed by atoms with van der Waals surface area (Å²) in [6.45, 7) is 14.4. The van der Waals surface area contributed by atoms with Crippen LogP contribution in [0.3, 0.4) is 0 Å². The molecule has 0 heterocycles. The van der Waals surface area contributed by atoms with E-state index in [0.29, 0.717) is 12.0 Å². The zero-order valence-corrected chi connectivity index (χ0v) is 12.1. The van der Waals surface area contributed by atoms with Crippen LogP contribution in [0.4, 0.5) is 0 Å². The van der Waals surface area contributed by atoms with Gasteiger partial charge in [-0.25, -0.2) is 0 Å². The van der Waals surface area contributed by atoms with E-state index in [2.05, 4.69) is 46.6 Å². The van der Waals surface area contributed by atoms with Gasteiger partial charge in [-0.1, -0.05) is 27.7 Å². The zero-order chi connectivity index (χ0) is 12.6. The fourth-order valence-corrected chi connectivity index (χ4v) is 1.43. The molecule has 0 bridgehead atoms. The molecule has 0 aliphatic rings. The zero-order valence-electron chi connectivity index (χ0n) is 12.1. The molecule has 0 saturated carbocycles. The van der Waals surface area contributed by atoms with E-state index in [-0.39, 0.29) is 0 Å². The van der Waals surface area contributed by atoms with E-state index in [1.54, 1.807) is 0 Å². The highest BCUT2D eigenvalue weighted by Crippen LogP contribution is 2.05. The van der Waals surface area contributed by atoms with Gasteiger partial charge in [0.05, 0.1) is 6.10 Å². The summed E-state index contributed by atoms with van der Waals surface area (Å²) in [5.74, 6) is 1.44. The van der Waals surface area contributed by atoms with Gasteiger partial charge in [0.25, 0.3) is 0 Å². The Hall–Kier alpha value is -0.0800. The van der Waals surface area contributed by atoms with Crippen molar-refractivity contribution in [3.63, 3.8) is 0 Å². The molecule has 0 aromatic carbocycles. The summed E-state index contributed by atoms with van der Waals surface area (Å²) in [7, 11) is 2.21. The molecular formula is C14H31NO. The molecule has 0 spiro atoms. The Kier molecular flexibility index (Phi) is 8.96. The molecule has 2 nitrogen and oxygen atoms in total. The minimum Gasteiger partial charge on any atom is -0.378 e. The Labute approximate surface area is 102 Å². The SMILES string of the molecule is CC(C)CCN(C)CCC(C)OCC(C)C. The van der Waals surface area contributed by atoms with Crippen LogP contribution in [0.15, 0.2) is 0 Å². The van der Waals surface area contributed by atoms with E-state index in [1.807, 2.05) is 0 Å². The number of nitrogens with zero attached hydrogens (tertiary/aromatic N) is 1. The minimum atomic E-state index is 0.392. The van der Waals surface area contributed by atoms with Crippen molar-refractivity contribution in [2.75, 3.05) is 26.7 Å². The number of hydrogen-bond donors (Lipinski definition) is 0. The van der Waals surface area contributed by atoms with E-state index in [1.165, 1.54) is 13.0 Å². The second-order valence-corrected chi connectivity index (χ2v) is 5.81. The largest absolute Gasteiger partial charge is 0.378 e. The summed E-state index contributed by atoms with van der Waals surface area (Å²) >= 11 is 0. The molecule has 0 aliphatic heterocycles. The van der Waals surface area contributed by atoms with E-state index < -0.39 is 0 Å². The number of hydrogen-bond acceptors (Lipinski definition) is 2. The van der Waals surface area contributed by atoms with Gasteiger partial charge >= 0.3 is 0 Å².